The molecule has 0 radical (unpaired) electrons. The van der Waals surface area contributed by atoms with E-state index < -0.39 is 0 Å². The molecule has 1 N–H and O–H groups in total. The molecule has 0 atom stereocenters. The van der Waals surface area contributed by atoms with Crippen LogP contribution in [0.15, 0.2) is 0 Å². The SMILES string of the molecule is CCCCCCNC(=O)Cc1c(C)nn(CC(C)C)c1C. The van der Waals surface area contributed by atoms with Crippen LogP contribution in [-0.4, -0.2) is 22.2 Å². The van der Waals surface area contributed by atoms with Crippen LogP contribution in [0.2, 0.25) is 0 Å². The molecule has 0 bridgehead atoms. The number of nitrogens with zero attached hydrogens (tertiary/aromatic N) is 2. The van der Waals surface area contributed by atoms with E-state index in [-0.39, 0.29) is 5.91 Å². The number of carbonyl (C=O) groups is 1. The van der Waals surface area contributed by atoms with Crippen molar-refractivity contribution in [3.8, 4) is 0 Å². The number of nitrogens with one attached hydrogen (secondary N) is 1. The Kier molecular flexibility index (Phi) is 7.48. The van der Waals surface area contributed by atoms with Gasteiger partial charge in [-0.2, -0.15) is 5.10 Å². The number of rotatable bonds is 9. The van der Waals surface area contributed by atoms with E-state index in [1.807, 2.05) is 11.6 Å². The van der Waals surface area contributed by atoms with E-state index >= 15 is 0 Å². The Morgan fingerprint density at radius 2 is 1.95 bits per heavy atom. The highest BCUT2D eigenvalue weighted by Gasteiger charge is 2.15. The van der Waals surface area contributed by atoms with E-state index in [2.05, 4.69) is 38.1 Å². The van der Waals surface area contributed by atoms with Crippen molar-refractivity contribution < 1.29 is 4.79 Å². The van der Waals surface area contributed by atoms with Gasteiger partial charge in [-0.3, -0.25) is 9.48 Å². The smallest absolute Gasteiger partial charge is 0.224 e. The Bertz CT molecular complexity index is 449. The standard InChI is InChI=1S/C17H31N3O/c1-6-7-8-9-10-18-17(21)11-16-14(4)19-20(15(16)5)12-13(2)3/h13H,6-12H2,1-5H3,(H,18,21). The molecule has 0 saturated carbocycles. The summed E-state index contributed by atoms with van der Waals surface area (Å²) in [6.07, 6.45) is 5.19. The summed E-state index contributed by atoms with van der Waals surface area (Å²) in [6.45, 7) is 12.3. The molecule has 0 spiro atoms. The van der Waals surface area contributed by atoms with Crippen molar-refractivity contribution in [1.29, 1.82) is 0 Å². The summed E-state index contributed by atoms with van der Waals surface area (Å²) in [6, 6.07) is 0. The van der Waals surface area contributed by atoms with Gasteiger partial charge in [0.25, 0.3) is 0 Å². The van der Waals surface area contributed by atoms with Gasteiger partial charge in [0.05, 0.1) is 12.1 Å². The highest BCUT2D eigenvalue weighted by molar-refractivity contribution is 5.79. The lowest BCUT2D eigenvalue weighted by molar-refractivity contribution is -0.120. The minimum atomic E-state index is 0.113. The third kappa shape index (κ3) is 5.90. The highest BCUT2D eigenvalue weighted by atomic mass is 16.1. The molecule has 1 rings (SSSR count). The molecule has 4 nitrogen and oxygen atoms in total. The predicted octanol–water partition coefficient (Wildman–Crippen LogP) is 3.39. The zero-order chi connectivity index (χ0) is 15.8. The van der Waals surface area contributed by atoms with Crippen LogP contribution in [0.25, 0.3) is 0 Å². The monoisotopic (exact) mass is 293 g/mol. The largest absolute Gasteiger partial charge is 0.356 e. The van der Waals surface area contributed by atoms with Gasteiger partial charge in [-0.1, -0.05) is 40.0 Å². The van der Waals surface area contributed by atoms with Crippen LogP contribution in [0.4, 0.5) is 0 Å². The predicted molar refractivity (Wildman–Crippen MR) is 87.4 cm³/mol. The summed E-state index contributed by atoms with van der Waals surface area (Å²) in [7, 11) is 0. The second-order valence-electron chi connectivity index (χ2n) is 6.31. The van der Waals surface area contributed by atoms with Gasteiger partial charge in [0.2, 0.25) is 5.91 Å². The number of carbonyl (C=O) groups excluding carboxylic acids is 1. The maximum absolute atomic E-state index is 12.0. The van der Waals surface area contributed by atoms with Crippen molar-refractivity contribution in [3.63, 3.8) is 0 Å². The van der Waals surface area contributed by atoms with E-state index in [1.165, 1.54) is 19.3 Å². The Hall–Kier alpha value is -1.32. The van der Waals surface area contributed by atoms with Gasteiger partial charge < -0.3 is 5.32 Å². The Morgan fingerprint density at radius 1 is 1.24 bits per heavy atom. The molecule has 0 aliphatic rings. The molecule has 4 heteroatoms. The molecule has 0 aromatic carbocycles. The van der Waals surface area contributed by atoms with Crippen molar-refractivity contribution in [2.75, 3.05) is 6.54 Å². The van der Waals surface area contributed by atoms with Crippen LogP contribution in [0.3, 0.4) is 0 Å². The van der Waals surface area contributed by atoms with Crippen molar-refractivity contribution in [3.05, 3.63) is 17.0 Å². The van der Waals surface area contributed by atoms with E-state index in [0.29, 0.717) is 12.3 Å². The molecule has 0 saturated heterocycles. The molecule has 0 fully saturated rings. The van der Waals surface area contributed by atoms with E-state index in [4.69, 9.17) is 0 Å². The van der Waals surface area contributed by atoms with Gasteiger partial charge in [0.15, 0.2) is 0 Å². The lowest BCUT2D eigenvalue weighted by Crippen LogP contribution is -2.26. The molecular formula is C17H31N3O. The number of unbranched alkanes of at least 4 members (excludes halogenated alkanes) is 3. The fourth-order valence-corrected chi connectivity index (χ4v) is 2.52. The molecule has 1 aromatic heterocycles. The fourth-order valence-electron chi connectivity index (χ4n) is 2.52. The van der Waals surface area contributed by atoms with Gasteiger partial charge >= 0.3 is 0 Å². The molecule has 120 valence electrons. The average molecular weight is 293 g/mol. The molecule has 0 aliphatic carbocycles. The van der Waals surface area contributed by atoms with Crippen LogP contribution in [0, 0.1) is 19.8 Å². The Labute approximate surface area is 129 Å². The van der Waals surface area contributed by atoms with Gasteiger partial charge in [-0.15, -0.1) is 0 Å². The zero-order valence-corrected chi connectivity index (χ0v) is 14.3. The second-order valence-corrected chi connectivity index (χ2v) is 6.31. The molecule has 0 unspecified atom stereocenters. The number of aryl methyl sites for hydroxylation is 1. The third-order valence-corrected chi connectivity index (χ3v) is 3.76. The average Bonchev–Trinajstić information content (AvgIpc) is 2.65. The highest BCUT2D eigenvalue weighted by Crippen LogP contribution is 2.15. The van der Waals surface area contributed by atoms with E-state index in [1.54, 1.807) is 0 Å². The zero-order valence-electron chi connectivity index (χ0n) is 14.3. The van der Waals surface area contributed by atoms with Crippen LogP contribution in [0.5, 0.6) is 0 Å². The van der Waals surface area contributed by atoms with Crippen LogP contribution in [-0.2, 0) is 17.8 Å². The topological polar surface area (TPSA) is 46.9 Å². The molecular weight excluding hydrogens is 262 g/mol. The first kappa shape index (κ1) is 17.7. The third-order valence-electron chi connectivity index (χ3n) is 3.76. The van der Waals surface area contributed by atoms with E-state index in [9.17, 15) is 4.79 Å². The molecule has 1 aromatic rings. The van der Waals surface area contributed by atoms with Crippen molar-refractivity contribution in [2.24, 2.45) is 5.92 Å². The summed E-state index contributed by atoms with van der Waals surface area (Å²) >= 11 is 0. The molecule has 1 heterocycles. The number of hydrogen-bond donors (Lipinski definition) is 1. The van der Waals surface area contributed by atoms with Crippen LogP contribution in [0.1, 0.15) is 63.4 Å². The number of hydrogen-bond acceptors (Lipinski definition) is 2. The van der Waals surface area contributed by atoms with Gasteiger partial charge in [0, 0.05) is 24.3 Å². The lowest BCUT2D eigenvalue weighted by Gasteiger charge is -2.08. The summed E-state index contributed by atoms with van der Waals surface area (Å²) in [4.78, 5) is 12.0. The maximum atomic E-state index is 12.0. The maximum Gasteiger partial charge on any atom is 0.224 e. The Morgan fingerprint density at radius 3 is 2.57 bits per heavy atom. The summed E-state index contributed by atoms with van der Waals surface area (Å²) in [5.74, 6) is 0.671. The van der Waals surface area contributed by atoms with Gasteiger partial charge in [0.1, 0.15) is 0 Å². The number of aromatic nitrogens is 2. The first-order valence-corrected chi connectivity index (χ1v) is 8.25. The van der Waals surface area contributed by atoms with Crippen molar-refractivity contribution >= 4 is 5.91 Å². The first-order chi connectivity index (χ1) is 9.95. The summed E-state index contributed by atoms with van der Waals surface area (Å²) < 4.78 is 2.03. The fraction of sp³-hybridized carbons (Fsp3) is 0.765. The molecule has 21 heavy (non-hydrogen) atoms. The minimum Gasteiger partial charge on any atom is -0.356 e. The van der Waals surface area contributed by atoms with Crippen molar-refractivity contribution in [1.82, 2.24) is 15.1 Å². The van der Waals surface area contributed by atoms with Crippen LogP contribution >= 0.6 is 0 Å². The minimum absolute atomic E-state index is 0.113. The molecule has 0 aliphatic heterocycles. The summed E-state index contributed by atoms with van der Waals surface area (Å²) in [5, 5.41) is 7.58. The number of amides is 1. The Balaban J connectivity index is 2.50. The molecule has 1 amide bonds. The first-order valence-electron chi connectivity index (χ1n) is 8.25. The van der Waals surface area contributed by atoms with E-state index in [0.717, 1.165) is 36.5 Å². The lowest BCUT2D eigenvalue weighted by atomic mass is 10.1. The quantitative estimate of drug-likeness (QED) is 0.709. The van der Waals surface area contributed by atoms with Gasteiger partial charge in [-0.05, 0) is 26.2 Å². The van der Waals surface area contributed by atoms with Crippen LogP contribution < -0.4 is 5.32 Å². The normalized spacial score (nSPS) is 11.1. The second kappa shape index (κ2) is 8.85. The summed E-state index contributed by atoms with van der Waals surface area (Å²) in [5.41, 5.74) is 3.19. The van der Waals surface area contributed by atoms with Gasteiger partial charge in [-0.25, -0.2) is 0 Å². The van der Waals surface area contributed by atoms with Crippen molar-refractivity contribution in [2.45, 2.75) is 73.3 Å².